The highest BCUT2D eigenvalue weighted by atomic mass is 32.2. The predicted octanol–water partition coefficient (Wildman–Crippen LogP) is 1.81. The number of ether oxygens (including phenoxy) is 2. The summed E-state index contributed by atoms with van der Waals surface area (Å²) in [7, 11) is 1.52. The van der Waals surface area contributed by atoms with E-state index >= 15 is 0 Å². The standard InChI is InChI=1S/C24H27N5O5S/c1-33-20-7-4-16-21(29-20)15(8-9-25-16)22(31)23(32)17-5-2-14(11-34-17)26-10-13-3-6-18-24(27-13)28-19(30)12-35-18/h3-4,6-9,14,17,22-23,26,31-32H,2,5,10-12H2,1H3,(H,27,28,30)/t14-,17+,22+,23+/m0/s1. The van der Waals surface area contributed by atoms with Crippen LogP contribution < -0.4 is 15.4 Å². The lowest BCUT2D eigenvalue weighted by Crippen LogP contribution is -2.45. The molecule has 1 saturated heterocycles. The lowest BCUT2D eigenvalue weighted by atomic mass is 9.94. The molecule has 3 aromatic rings. The van der Waals surface area contributed by atoms with E-state index in [1.54, 1.807) is 24.4 Å². The number of rotatable bonds is 7. The lowest BCUT2D eigenvalue weighted by Gasteiger charge is -2.34. The van der Waals surface area contributed by atoms with Gasteiger partial charge in [0.2, 0.25) is 11.8 Å². The minimum Gasteiger partial charge on any atom is -0.481 e. The lowest BCUT2D eigenvalue weighted by molar-refractivity contribution is -0.114. The topological polar surface area (TPSA) is 139 Å². The number of aliphatic hydroxyl groups excluding tert-OH is 2. The first kappa shape index (κ1) is 23.9. The predicted molar refractivity (Wildman–Crippen MR) is 130 cm³/mol. The maximum absolute atomic E-state index is 11.6. The van der Waals surface area contributed by atoms with Crippen molar-refractivity contribution in [1.82, 2.24) is 20.3 Å². The molecular weight excluding hydrogens is 470 g/mol. The Morgan fingerprint density at radius 1 is 1.23 bits per heavy atom. The quantitative estimate of drug-likeness (QED) is 0.382. The molecule has 0 saturated carbocycles. The Morgan fingerprint density at radius 2 is 2.11 bits per heavy atom. The molecule has 5 rings (SSSR count). The number of thioether (sulfide) groups is 1. The average molecular weight is 498 g/mol. The Hall–Kier alpha value is -2.83. The number of aliphatic hydroxyl groups is 2. The summed E-state index contributed by atoms with van der Waals surface area (Å²) in [6.07, 6.45) is 0.142. The van der Waals surface area contributed by atoms with Crippen LogP contribution in [-0.2, 0) is 16.1 Å². The number of nitrogens with one attached hydrogen (secondary N) is 2. The number of carbonyl (C=O) groups excluding carboxylic acids is 1. The Labute approximate surface area is 206 Å². The molecule has 0 aromatic carbocycles. The van der Waals surface area contributed by atoms with Crippen LogP contribution in [0.1, 0.15) is 30.2 Å². The molecule has 2 aliphatic rings. The number of pyridine rings is 3. The van der Waals surface area contributed by atoms with Gasteiger partial charge in [-0.05, 0) is 37.1 Å². The number of amides is 1. The first-order valence-electron chi connectivity index (χ1n) is 11.4. The van der Waals surface area contributed by atoms with Crippen molar-refractivity contribution in [3.05, 3.63) is 47.8 Å². The summed E-state index contributed by atoms with van der Waals surface area (Å²) in [6.45, 7) is 0.934. The number of methoxy groups -OCH3 is 1. The van der Waals surface area contributed by atoms with Gasteiger partial charge in [-0.25, -0.2) is 9.97 Å². The Morgan fingerprint density at radius 3 is 2.91 bits per heavy atom. The van der Waals surface area contributed by atoms with Crippen molar-refractivity contribution in [3.63, 3.8) is 0 Å². The van der Waals surface area contributed by atoms with E-state index < -0.39 is 18.3 Å². The molecule has 3 aromatic heterocycles. The van der Waals surface area contributed by atoms with Crippen molar-refractivity contribution >= 4 is 34.5 Å². The van der Waals surface area contributed by atoms with E-state index in [0.29, 0.717) is 53.6 Å². The highest BCUT2D eigenvalue weighted by molar-refractivity contribution is 8.00. The Balaban J connectivity index is 1.17. The van der Waals surface area contributed by atoms with E-state index in [9.17, 15) is 15.0 Å². The second kappa shape index (κ2) is 10.4. The first-order chi connectivity index (χ1) is 17.0. The highest BCUT2D eigenvalue weighted by Gasteiger charge is 2.33. The summed E-state index contributed by atoms with van der Waals surface area (Å²) < 4.78 is 11.1. The van der Waals surface area contributed by atoms with Crippen LogP contribution in [0.5, 0.6) is 5.88 Å². The van der Waals surface area contributed by atoms with E-state index in [0.717, 1.165) is 17.0 Å². The van der Waals surface area contributed by atoms with Gasteiger partial charge in [0.05, 0.1) is 47.2 Å². The molecule has 0 spiro atoms. The molecule has 0 unspecified atom stereocenters. The number of nitrogens with zero attached hydrogens (tertiary/aromatic N) is 3. The van der Waals surface area contributed by atoms with Gasteiger partial charge >= 0.3 is 0 Å². The van der Waals surface area contributed by atoms with Crippen LogP contribution in [0.2, 0.25) is 0 Å². The summed E-state index contributed by atoms with van der Waals surface area (Å²) in [4.78, 5) is 25.8. The molecule has 5 heterocycles. The molecular formula is C24H27N5O5S. The normalized spacial score (nSPS) is 21.7. The molecule has 0 aliphatic carbocycles. The van der Waals surface area contributed by atoms with E-state index in [4.69, 9.17) is 9.47 Å². The van der Waals surface area contributed by atoms with E-state index in [1.165, 1.54) is 18.9 Å². The zero-order valence-electron chi connectivity index (χ0n) is 19.2. The summed E-state index contributed by atoms with van der Waals surface area (Å²) in [6, 6.07) is 9.13. The van der Waals surface area contributed by atoms with Crippen molar-refractivity contribution in [2.75, 3.05) is 24.8 Å². The fourth-order valence-corrected chi connectivity index (χ4v) is 5.08. The van der Waals surface area contributed by atoms with Crippen molar-refractivity contribution in [2.24, 2.45) is 0 Å². The zero-order valence-corrected chi connectivity index (χ0v) is 20.0. The number of hydrogen-bond donors (Lipinski definition) is 4. The molecule has 0 radical (unpaired) electrons. The van der Waals surface area contributed by atoms with Gasteiger partial charge in [-0.15, -0.1) is 11.8 Å². The molecule has 10 nitrogen and oxygen atoms in total. The van der Waals surface area contributed by atoms with E-state index in [1.807, 2.05) is 12.1 Å². The first-order valence-corrected chi connectivity index (χ1v) is 12.4. The summed E-state index contributed by atoms with van der Waals surface area (Å²) in [5, 5.41) is 28.1. The van der Waals surface area contributed by atoms with Crippen LogP contribution in [0, 0.1) is 0 Å². The van der Waals surface area contributed by atoms with Gasteiger partial charge in [0.1, 0.15) is 18.0 Å². The molecule has 4 N–H and O–H groups in total. The van der Waals surface area contributed by atoms with Crippen LogP contribution in [0.25, 0.3) is 11.0 Å². The summed E-state index contributed by atoms with van der Waals surface area (Å²) in [5.74, 6) is 1.39. The van der Waals surface area contributed by atoms with Crippen LogP contribution in [0.15, 0.2) is 41.4 Å². The van der Waals surface area contributed by atoms with Crippen molar-refractivity contribution in [3.8, 4) is 5.88 Å². The maximum Gasteiger partial charge on any atom is 0.235 e. The van der Waals surface area contributed by atoms with Gasteiger partial charge in [0.25, 0.3) is 0 Å². The molecule has 11 heteroatoms. The van der Waals surface area contributed by atoms with Crippen molar-refractivity contribution in [2.45, 2.75) is 48.6 Å². The Kier molecular flexibility index (Phi) is 7.12. The second-order valence-electron chi connectivity index (χ2n) is 8.57. The maximum atomic E-state index is 11.6. The summed E-state index contributed by atoms with van der Waals surface area (Å²) >= 11 is 1.48. The zero-order chi connectivity index (χ0) is 24.4. The number of aromatic nitrogens is 3. The molecule has 1 fully saturated rings. The monoisotopic (exact) mass is 497 g/mol. The largest absolute Gasteiger partial charge is 0.481 e. The number of fused-ring (bicyclic) bond motifs is 2. The van der Waals surface area contributed by atoms with E-state index in [-0.39, 0.29) is 11.9 Å². The number of hydrogen-bond acceptors (Lipinski definition) is 10. The van der Waals surface area contributed by atoms with Crippen LogP contribution >= 0.6 is 11.8 Å². The van der Waals surface area contributed by atoms with E-state index in [2.05, 4.69) is 25.6 Å². The second-order valence-corrected chi connectivity index (χ2v) is 9.59. The van der Waals surface area contributed by atoms with Crippen molar-refractivity contribution < 1.29 is 24.5 Å². The molecule has 2 aliphatic heterocycles. The van der Waals surface area contributed by atoms with Gasteiger partial charge in [0.15, 0.2) is 0 Å². The minimum atomic E-state index is -1.18. The molecule has 35 heavy (non-hydrogen) atoms. The van der Waals surface area contributed by atoms with Crippen LogP contribution in [0.4, 0.5) is 5.82 Å². The number of carbonyl (C=O) groups is 1. The van der Waals surface area contributed by atoms with Crippen LogP contribution in [0.3, 0.4) is 0 Å². The third-order valence-electron chi connectivity index (χ3n) is 6.24. The molecule has 0 bridgehead atoms. The molecule has 1 amide bonds. The SMILES string of the molecule is COc1ccc2nccc([C@@H](O)[C@H](O)[C@H]3CC[C@H](NCc4ccc5c(n4)NC(=O)CS5)CO3)c2n1. The molecule has 4 atom stereocenters. The fraction of sp³-hybridized carbons (Fsp3) is 0.417. The van der Waals surface area contributed by atoms with Gasteiger partial charge in [-0.1, -0.05) is 0 Å². The minimum absolute atomic E-state index is 0.0396. The van der Waals surface area contributed by atoms with Crippen LogP contribution in [-0.4, -0.2) is 68.8 Å². The summed E-state index contributed by atoms with van der Waals surface area (Å²) in [5.41, 5.74) is 2.41. The van der Waals surface area contributed by atoms with Gasteiger partial charge in [-0.3, -0.25) is 9.78 Å². The van der Waals surface area contributed by atoms with Crippen molar-refractivity contribution in [1.29, 1.82) is 0 Å². The number of anilines is 1. The molecule has 184 valence electrons. The van der Waals surface area contributed by atoms with Gasteiger partial charge in [-0.2, -0.15) is 0 Å². The third kappa shape index (κ3) is 5.24. The smallest absolute Gasteiger partial charge is 0.235 e. The average Bonchev–Trinajstić information content (AvgIpc) is 2.90. The fourth-order valence-electron chi connectivity index (χ4n) is 4.32. The van der Waals surface area contributed by atoms with Gasteiger partial charge in [0, 0.05) is 30.4 Å². The van der Waals surface area contributed by atoms with Gasteiger partial charge < -0.3 is 30.3 Å². The Bertz CT molecular complexity index is 1220. The highest BCUT2D eigenvalue weighted by Crippen LogP contribution is 2.31. The third-order valence-corrected chi connectivity index (χ3v) is 7.28.